The minimum absolute atomic E-state index is 0.147. The van der Waals surface area contributed by atoms with E-state index in [1.807, 2.05) is 37.3 Å². The zero-order chi connectivity index (χ0) is 21.0. The number of anilines is 1. The molecule has 2 aromatic carbocycles. The number of ether oxygens (including phenoxy) is 1. The van der Waals surface area contributed by atoms with Gasteiger partial charge < -0.3 is 4.74 Å². The second kappa shape index (κ2) is 9.17. The molecule has 29 heavy (non-hydrogen) atoms. The topological polar surface area (TPSA) is 70.4 Å². The average molecular weight is 427 g/mol. The number of nitrogens with zero attached hydrogens (tertiary/aromatic N) is 2. The van der Waals surface area contributed by atoms with Crippen LogP contribution in [0.2, 0.25) is 5.02 Å². The fraction of sp³-hybridized carbons (Fsp3) is 0.227. The van der Waals surface area contributed by atoms with Gasteiger partial charge in [-0.1, -0.05) is 53.2 Å². The normalized spacial score (nSPS) is 17.8. The fourth-order valence-electron chi connectivity index (χ4n) is 2.94. The molecule has 1 atom stereocenters. The van der Waals surface area contributed by atoms with E-state index in [-0.39, 0.29) is 18.1 Å². The van der Waals surface area contributed by atoms with Gasteiger partial charge in [-0.05, 0) is 50.1 Å². The largest absolute Gasteiger partial charge is 0.462 e. The van der Waals surface area contributed by atoms with Crippen LogP contribution < -0.4 is 4.90 Å². The molecule has 1 aliphatic rings. The monoisotopic (exact) mass is 426 g/mol. The number of rotatable bonds is 5. The van der Waals surface area contributed by atoms with Gasteiger partial charge in [-0.25, -0.2) is 4.79 Å². The van der Waals surface area contributed by atoms with Crippen LogP contribution in [0, 0.1) is 18.3 Å². The number of nitriles is 1. The predicted octanol–water partition coefficient (Wildman–Crippen LogP) is 4.64. The highest BCUT2D eigenvalue weighted by molar-refractivity contribution is 8.05. The van der Waals surface area contributed by atoms with Crippen LogP contribution in [0.15, 0.2) is 59.1 Å². The Morgan fingerprint density at radius 1 is 1.21 bits per heavy atom. The summed E-state index contributed by atoms with van der Waals surface area (Å²) in [4.78, 5) is 27.0. The zero-order valence-corrected chi connectivity index (χ0v) is 17.6. The summed E-state index contributed by atoms with van der Waals surface area (Å²) in [5.74, 6) is -0.907. The maximum atomic E-state index is 13.3. The lowest BCUT2D eigenvalue weighted by atomic mass is 10.1. The summed E-state index contributed by atoms with van der Waals surface area (Å²) < 4.78 is 5.03. The molecule has 1 saturated heterocycles. The maximum Gasteiger partial charge on any atom is 0.351 e. The number of aryl methyl sites for hydroxylation is 1. The molecule has 1 aliphatic heterocycles. The van der Waals surface area contributed by atoms with Gasteiger partial charge in [0, 0.05) is 10.7 Å². The third-order valence-corrected chi connectivity index (χ3v) is 5.90. The van der Waals surface area contributed by atoms with Crippen molar-refractivity contribution in [2.75, 3.05) is 11.5 Å². The molecule has 1 unspecified atom stereocenters. The Kier molecular flexibility index (Phi) is 6.63. The van der Waals surface area contributed by atoms with E-state index in [0.717, 1.165) is 11.1 Å². The van der Waals surface area contributed by atoms with Crippen LogP contribution in [0.5, 0.6) is 0 Å². The average Bonchev–Trinajstić information content (AvgIpc) is 3.01. The maximum absolute atomic E-state index is 13.3. The van der Waals surface area contributed by atoms with Crippen molar-refractivity contribution in [2.24, 2.45) is 0 Å². The van der Waals surface area contributed by atoms with E-state index >= 15 is 0 Å². The summed E-state index contributed by atoms with van der Waals surface area (Å²) >= 11 is 7.16. The first-order valence-corrected chi connectivity index (χ1v) is 10.3. The van der Waals surface area contributed by atoms with Gasteiger partial charge in [-0.2, -0.15) is 5.26 Å². The molecule has 148 valence electrons. The van der Waals surface area contributed by atoms with E-state index < -0.39 is 11.2 Å². The van der Waals surface area contributed by atoms with Crippen molar-refractivity contribution in [3.63, 3.8) is 0 Å². The summed E-state index contributed by atoms with van der Waals surface area (Å²) in [6, 6.07) is 16.6. The van der Waals surface area contributed by atoms with E-state index in [1.54, 1.807) is 31.2 Å². The van der Waals surface area contributed by atoms with Crippen LogP contribution in [-0.2, 0) is 20.7 Å². The van der Waals surface area contributed by atoms with Gasteiger partial charge in [0.15, 0.2) is 5.57 Å². The number of thioether (sulfide) groups is 1. The number of halogens is 1. The summed E-state index contributed by atoms with van der Waals surface area (Å²) in [6.07, 6.45) is 0.452. The molecule has 1 fully saturated rings. The van der Waals surface area contributed by atoms with Gasteiger partial charge in [-0.15, -0.1) is 0 Å². The number of amides is 1. The molecule has 0 aromatic heterocycles. The second-order valence-electron chi connectivity index (χ2n) is 6.46. The highest BCUT2D eigenvalue weighted by Crippen LogP contribution is 2.42. The first kappa shape index (κ1) is 21.0. The lowest BCUT2D eigenvalue weighted by molar-refractivity contribution is -0.138. The molecule has 7 heteroatoms. The van der Waals surface area contributed by atoms with Crippen molar-refractivity contribution >= 4 is 40.9 Å². The SMILES string of the molecule is CCOC(=O)C(C#N)=C1SC(Cc2ccc(Cl)cc2)C(=O)N1c1ccc(C)cc1. The van der Waals surface area contributed by atoms with E-state index in [2.05, 4.69) is 0 Å². The molecule has 3 rings (SSSR count). The van der Waals surface area contributed by atoms with Crippen LogP contribution in [0.3, 0.4) is 0 Å². The molecule has 0 bridgehead atoms. The standard InChI is InChI=1S/C22H19ClN2O3S/c1-3-28-22(27)18(13-24)21-25(17-10-4-14(2)5-11-17)20(26)19(29-21)12-15-6-8-16(23)9-7-15/h4-11,19H,3,12H2,1-2H3. The highest BCUT2D eigenvalue weighted by Gasteiger charge is 2.41. The summed E-state index contributed by atoms with van der Waals surface area (Å²) in [6.45, 7) is 3.77. The van der Waals surface area contributed by atoms with Crippen molar-refractivity contribution < 1.29 is 14.3 Å². The predicted molar refractivity (Wildman–Crippen MR) is 114 cm³/mol. The fourth-order valence-corrected chi connectivity index (χ4v) is 4.36. The molecule has 0 spiro atoms. The number of benzene rings is 2. The van der Waals surface area contributed by atoms with Gasteiger partial charge >= 0.3 is 5.97 Å². The number of hydrogen-bond acceptors (Lipinski definition) is 5. The Hall–Kier alpha value is -2.75. The molecule has 2 aromatic rings. The van der Waals surface area contributed by atoms with E-state index in [9.17, 15) is 14.9 Å². The molecule has 0 aliphatic carbocycles. The quantitative estimate of drug-likeness (QED) is 0.395. The first-order valence-electron chi connectivity index (χ1n) is 9.07. The van der Waals surface area contributed by atoms with Gasteiger partial charge in [-0.3, -0.25) is 9.69 Å². The third kappa shape index (κ3) is 4.64. The van der Waals surface area contributed by atoms with Gasteiger partial charge in [0.1, 0.15) is 11.1 Å². The molecular formula is C22H19ClN2O3S. The number of carbonyl (C=O) groups is 2. The lowest BCUT2D eigenvalue weighted by Crippen LogP contribution is -2.30. The van der Waals surface area contributed by atoms with Crippen molar-refractivity contribution in [1.82, 2.24) is 0 Å². The van der Waals surface area contributed by atoms with Gasteiger partial charge in [0.2, 0.25) is 5.91 Å². The first-order chi connectivity index (χ1) is 13.9. The highest BCUT2D eigenvalue weighted by atomic mass is 35.5. The van der Waals surface area contributed by atoms with E-state index in [1.165, 1.54) is 16.7 Å². The second-order valence-corrected chi connectivity index (χ2v) is 8.09. The van der Waals surface area contributed by atoms with Crippen LogP contribution in [0.1, 0.15) is 18.1 Å². The molecular weight excluding hydrogens is 408 g/mol. The molecule has 0 saturated carbocycles. The van der Waals surface area contributed by atoms with E-state index in [0.29, 0.717) is 22.2 Å². The Balaban J connectivity index is 2.02. The molecule has 5 nitrogen and oxygen atoms in total. The summed E-state index contributed by atoms with van der Waals surface area (Å²) in [5, 5.41) is 10.1. The Morgan fingerprint density at radius 2 is 1.86 bits per heavy atom. The molecule has 1 amide bonds. The van der Waals surface area contributed by atoms with Crippen molar-refractivity contribution in [2.45, 2.75) is 25.5 Å². The summed E-state index contributed by atoms with van der Waals surface area (Å²) in [5.41, 5.74) is 2.44. The van der Waals surface area contributed by atoms with E-state index in [4.69, 9.17) is 16.3 Å². The zero-order valence-electron chi connectivity index (χ0n) is 16.0. The molecule has 0 N–H and O–H groups in total. The number of hydrogen-bond donors (Lipinski definition) is 0. The number of esters is 1. The van der Waals surface area contributed by atoms with Crippen LogP contribution in [-0.4, -0.2) is 23.7 Å². The minimum Gasteiger partial charge on any atom is -0.462 e. The molecule has 0 radical (unpaired) electrons. The van der Waals surface area contributed by atoms with Crippen LogP contribution in [0.4, 0.5) is 5.69 Å². The van der Waals surface area contributed by atoms with Crippen molar-refractivity contribution in [3.05, 3.63) is 75.3 Å². The lowest BCUT2D eigenvalue weighted by Gasteiger charge is -2.18. The molecule has 1 heterocycles. The van der Waals surface area contributed by atoms with Crippen molar-refractivity contribution in [1.29, 1.82) is 5.26 Å². The smallest absolute Gasteiger partial charge is 0.351 e. The Bertz CT molecular complexity index is 994. The van der Waals surface area contributed by atoms with Crippen molar-refractivity contribution in [3.8, 4) is 6.07 Å². The Morgan fingerprint density at radius 3 is 2.45 bits per heavy atom. The Labute approximate surface area is 178 Å². The summed E-state index contributed by atoms with van der Waals surface area (Å²) in [7, 11) is 0. The van der Waals surface area contributed by atoms with Gasteiger partial charge in [0.25, 0.3) is 0 Å². The van der Waals surface area contributed by atoms with Crippen LogP contribution >= 0.6 is 23.4 Å². The van der Waals surface area contributed by atoms with Gasteiger partial charge in [0.05, 0.1) is 11.9 Å². The minimum atomic E-state index is -0.727. The number of carbonyl (C=O) groups excluding carboxylic acids is 2. The van der Waals surface area contributed by atoms with Crippen LogP contribution in [0.25, 0.3) is 0 Å². The third-order valence-electron chi connectivity index (χ3n) is 4.38.